The Morgan fingerprint density at radius 1 is 0.875 bits per heavy atom. The minimum absolute atomic E-state index is 0.0425. The van der Waals surface area contributed by atoms with E-state index in [9.17, 15) is 9.90 Å². The lowest BCUT2D eigenvalue weighted by Crippen LogP contribution is -2.17. The van der Waals surface area contributed by atoms with Gasteiger partial charge in [0.2, 0.25) is 0 Å². The fourth-order valence-corrected chi connectivity index (χ4v) is 5.13. The average molecular weight is 439 g/mol. The van der Waals surface area contributed by atoms with E-state index in [1.807, 2.05) is 66.7 Å². The topological polar surface area (TPSA) is 72.3 Å². The third-order valence-corrected chi connectivity index (χ3v) is 6.87. The van der Waals surface area contributed by atoms with Crippen LogP contribution in [0.3, 0.4) is 0 Å². The third-order valence-electron chi connectivity index (χ3n) is 5.65. The fourth-order valence-electron chi connectivity index (χ4n) is 4.10. The van der Waals surface area contributed by atoms with Crippen molar-refractivity contribution in [3.05, 3.63) is 83.9 Å². The molecule has 0 fully saturated rings. The van der Waals surface area contributed by atoms with E-state index in [1.165, 1.54) is 0 Å². The Bertz CT molecular complexity index is 1520. The van der Waals surface area contributed by atoms with E-state index in [0.717, 1.165) is 32.5 Å². The predicted octanol–water partition coefficient (Wildman–Crippen LogP) is 5.01. The van der Waals surface area contributed by atoms with E-state index < -0.39 is 6.10 Å². The summed E-state index contributed by atoms with van der Waals surface area (Å²) in [5, 5.41) is 12.0. The van der Waals surface area contributed by atoms with Gasteiger partial charge < -0.3 is 9.84 Å². The van der Waals surface area contributed by atoms with Gasteiger partial charge in [0, 0.05) is 27.7 Å². The van der Waals surface area contributed by atoms with Crippen LogP contribution in [0, 0.1) is 0 Å². The molecule has 0 spiro atoms. The quantitative estimate of drug-likeness (QED) is 0.237. The summed E-state index contributed by atoms with van der Waals surface area (Å²) < 4.78 is 6.01. The summed E-state index contributed by atoms with van der Waals surface area (Å²) in [5.41, 5.74) is 4.13. The van der Waals surface area contributed by atoms with Crippen molar-refractivity contribution in [3.8, 4) is 5.75 Å². The molecule has 0 bridgehead atoms. The molecule has 0 saturated heterocycles. The van der Waals surface area contributed by atoms with Crippen molar-refractivity contribution in [3.63, 3.8) is 0 Å². The van der Waals surface area contributed by atoms with Gasteiger partial charge in [-0.2, -0.15) is 0 Å². The van der Waals surface area contributed by atoms with Crippen LogP contribution in [0.2, 0.25) is 0 Å². The molecule has 0 aliphatic carbocycles. The number of nitrogens with zero attached hydrogens (tertiary/aromatic N) is 2. The zero-order chi connectivity index (χ0) is 21.7. The molecule has 0 amide bonds. The molecule has 0 radical (unpaired) electrons. The second kappa shape index (κ2) is 7.58. The van der Waals surface area contributed by atoms with E-state index >= 15 is 0 Å². The highest BCUT2D eigenvalue weighted by Crippen LogP contribution is 2.44. The molecular formula is C26H18N2O3S. The van der Waals surface area contributed by atoms with Gasteiger partial charge in [-0.3, -0.25) is 4.79 Å². The van der Waals surface area contributed by atoms with E-state index in [0.29, 0.717) is 27.9 Å². The van der Waals surface area contributed by atoms with Gasteiger partial charge in [0.25, 0.3) is 0 Å². The molecule has 2 heterocycles. The van der Waals surface area contributed by atoms with Crippen molar-refractivity contribution < 1.29 is 14.6 Å². The van der Waals surface area contributed by atoms with Crippen LogP contribution in [0.15, 0.2) is 77.7 Å². The summed E-state index contributed by atoms with van der Waals surface area (Å²) in [6.45, 7) is 0.251. The number of hydrogen-bond donors (Lipinski definition) is 1. The Balaban J connectivity index is 1.60. The first-order valence-electron chi connectivity index (χ1n) is 10.4. The highest BCUT2D eigenvalue weighted by molar-refractivity contribution is 7.99. The van der Waals surface area contributed by atoms with Crippen LogP contribution in [0.1, 0.15) is 15.9 Å². The lowest BCUT2D eigenvalue weighted by atomic mass is 10.0. The van der Waals surface area contributed by atoms with Gasteiger partial charge in [-0.1, -0.05) is 54.6 Å². The standard InChI is InChI=1S/C26H18N2O3S/c29-17-13-31-25-19-9-5-4-8-18(19)22-23(26(25)32-14-17)27-20-11-10-16(12-21(20)28-22)24(30)15-6-2-1-3-7-15/h1-12,17,29H,13-14H2. The summed E-state index contributed by atoms with van der Waals surface area (Å²) >= 11 is 1.54. The predicted molar refractivity (Wildman–Crippen MR) is 127 cm³/mol. The summed E-state index contributed by atoms with van der Waals surface area (Å²) in [5.74, 6) is 1.24. The van der Waals surface area contributed by atoms with E-state index in [4.69, 9.17) is 14.7 Å². The number of benzene rings is 4. The van der Waals surface area contributed by atoms with Gasteiger partial charge in [-0.15, -0.1) is 11.8 Å². The molecule has 156 valence electrons. The number of aromatic nitrogens is 2. The number of fused-ring (bicyclic) bond motifs is 7. The smallest absolute Gasteiger partial charge is 0.193 e. The monoisotopic (exact) mass is 438 g/mol. The lowest BCUT2D eigenvalue weighted by Gasteiger charge is -2.14. The number of ether oxygens (including phenoxy) is 1. The zero-order valence-corrected chi connectivity index (χ0v) is 17.8. The zero-order valence-electron chi connectivity index (χ0n) is 17.0. The molecule has 6 heteroatoms. The molecule has 1 atom stereocenters. The number of aliphatic hydroxyl groups is 1. The molecule has 1 aromatic heterocycles. The molecule has 1 aliphatic heterocycles. The second-order valence-electron chi connectivity index (χ2n) is 7.80. The fraction of sp³-hybridized carbons (Fsp3) is 0.115. The lowest BCUT2D eigenvalue weighted by molar-refractivity contribution is 0.103. The Hall–Kier alpha value is -3.48. The SMILES string of the molecule is O=C(c1ccccc1)c1ccc2nc3c4c(c5ccccc5c3nc2c1)OCC(O)CS4. The van der Waals surface area contributed by atoms with Crippen LogP contribution in [0.5, 0.6) is 5.75 Å². The molecule has 5 aromatic rings. The van der Waals surface area contributed by atoms with Gasteiger partial charge in [0.1, 0.15) is 17.9 Å². The number of hydrogen-bond acceptors (Lipinski definition) is 6. The third kappa shape index (κ3) is 3.11. The number of thioether (sulfide) groups is 1. The number of carbonyl (C=O) groups is 1. The van der Waals surface area contributed by atoms with E-state index in [2.05, 4.69) is 0 Å². The average Bonchev–Trinajstić information content (AvgIpc) is 3.05. The van der Waals surface area contributed by atoms with Gasteiger partial charge in [-0.05, 0) is 18.2 Å². The number of carbonyl (C=O) groups excluding carboxylic acids is 1. The van der Waals surface area contributed by atoms with Crippen molar-refractivity contribution in [1.82, 2.24) is 9.97 Å². The summed E-state index contributed by atoms with van der Waals surface area (Å²) in [6.07, 6.45) is -0.541. The maximum atomic E-state index is 12.9. The molecule has 1 N–H and O–H groups in total. The molecule has 1 aliphatic rings. The highest BCUT2D eigenvalue weighted by Gasteiger charge is 2.23. The van der Waals surface area contributed by atoms with Crippen LogP contribution in [-0.4, -0.2) is 39.3 Å². The summed E-state index contributed by atoms with van der Waals surface area (Å²) in [6, 6.07) is 22.6. The molecule has 4 aromatic carbocycles. The molecule has 32 heavy (non-hydrogen) atoms. The molecular weight excluding hydrogens is 420 g/mol. The first kappa shape index (κ1) is 19.2. The minimum Gasteiger partial charge on any atom is -0.489 e. The maximum absolute atomic E-state index is 12.9. The van der Waals surface area contributed by atoms with Gasteiger partial charge in [0.15, 0.2) is 5.78 Å². The Labute approximate surface area is 188 Å². The van der Waals surface area contributed by atoms with Crippen molar-refractivity contribution >= 4 is 50.4 Å². The van der Waals surface area contributed by atoms with Crippen LogP contribution in [0.25, 0.3) is 32.8 Å². The summed E-state index contributed by atoms with van der Waals surface area (Å²) in [4.78, 5) is 23.7. The van der Waals surface area contributed by atoms with Crippen molar-refractivity contribution in [1.29, 1.82) is 0 Å². The Morgan fingerprint density at radius 2 is 1.62 bits per heavy atom. The first-order chi connectivity index (χ1) is 15.7. The number of aliphatic hydroxyl groups excluding tert-OH is 1. The largest absolute Gasteiger partial charge is 0.489 e. The van der Waals surface area contributed by atoms with Crippen LogP contribution < -0.4 is 4.74 Å². The van der Waals surface area contributed by atoms with E-state index in [1.54, 1.807) is 17.8 Å². The van der Waals surface area contributed by atoms with E-state index in [-0.39, 0.29) is 12.4 Å². The molecule has 1 unspecified atom stereocenters. The first-order valence-corrected chi connectivity index (χ1v) is 11.4. The highest BCUT2D eigenvalue weighted by atomic mass is 32.2. The summed E-state index contributed by atoms with van der Waals surface area (Å²) in [7, 11) is 0. The van der Waals surface area contributed by atoms with Gasteiger partial charge in [-0.25, -0.2) is 9.97 Å². The van der Waals surface area contributed by atoms with Crippen molar-refractivity contribution in [2.75, 3.05) is 12.4 Å². The second-order valence-corrected chi connectivity index (χ2v) is 8.83. The van der Waals surface area contributed by atoms with Crippen LogP contribution >= 0.6 is 11.8 Å². The Kier molecular flexibility index (Phi) is 4.56. The molecule has 6 rings (SSSR count). The Morgan fingerprint density at radius 3 is 2.47 bits per heavy atom. The van der Waals surface area contributed by atoms with Crippen molar-refractivity contribution in [2.45, 2.75) is 11.0 Å². The maximum Gasteiger partial charge on any atom is 0.193 e. The van der Waals surface area contributed by atoms with Gasteiger partial charge in [0.05, 0.1) is 27.5 Å². The minimum atomic E-state index is -0.541. The van der Waals surface area contributed by atoms with Crippen LogP contribution in [0.4, 0.5) is 0 Å². The molecule has 0 saturated carbocycles. The van der Waals surface area contributed by atoms with Crippen molar-refractivity contribution in [2.24, 2.45) is 0 Å². The number of rotatable bonds is 2. The van der Waals surface area contributed by atoms with Crippen LogP contribution in [-0.2, 0) is 0 Å². The normalized spacial score (nSPS) is 16.0. The molecule has 5 nitrogen and oxygen atoms in total. The number of ketones is 1. The van der Waals surface area contributed by atoms with Gasteiger partial charge >= 0.3 is 0 Å².